The van der Waals surface area contributed by atoms with E-state index in [1.165, 1.54) is 16.4 Å². The van der Waals surface area contributed by atoms with Gasteiger partial charge in [-0.2, -0.15) is 0 Å². The van der Waals surface area contributed by atoms with Crippen molar-refractivity contribution < 1.29 is 0 Å². The molecule has 70 valence electrons. The summed E-state index contributed by atoms with van der Waals surface area (Å²) in [5, 5.41) is 1.21. The van der Waals surface area contributed by atoms with Gasteiger partial charge in [0.1, 0.15) is 5.82 Å². The first-order valence-electron chi connectivity index (χ1n) is 4.58. The molecule has 3 aromatic rings. The smallest absolute Gasteiger partial charge is 0.104 e. The van der Waals surface area contributed by atoms with Crippen molar-refractivity contribution in [2.24, 2.45) is 7.05 Å². The summed E-state index contributed by atoms with van der Waals surface area (Å²) < 4.78 is 4.12. The Labute approximate surface area is 81.4 Å². The highest BCUT2D eigenvalue weighted by molar-refractivity contribution is 5.98. The average molecular weight is 185 g/mol. The number of aryl methyl sites for hydroxylation is 1. The molecule has 0 saturated carbocycles. The van der Waals surface area contributed by atoms with Crippen LogP contribution < -0.4 is 5.73 Å². The zero-order valence-corrected chi connectivity index (χ0v) is 7.94. The van der Waals surface area contributed by atoms with Crippen LogP contribution in [0.2, 0.25) is 0 Å². The van der Waals surface area contributed by atoms with Crippen LogP contribution in [0.4, 0.5) is 5.82 Å². The molecule has 0 unspecified atom stereocenters. The molecule has 0 aromatic carbocycles. The second kappa shape index (κ2) is 2.32. The van der Waals surface area contributed by atoms with Crippen LogP contribution in [0.15, 0.2) is 36.7 Å². The molecule has 3 rings (SSSR count). The maximum Gasteiger partial charge on any atom is 0.104 e. The Morgan fingerprint density at radius 1 is 1.21 bits per heavy atom. The molecule has 0 amide bonds. The zero-order chi connectivity index (χ0) is 9.71. The van der Waals surface area contributed by atoms with Crippen LogP contribution in [-0.4, -0.2) is 8.97 Å². The second-order valence-corrected chi connectivity index (χ2v) is 3.55. The molecule has 2 N–H and O–H groups in total. The van der Waals surface area contributed by atoms with E-state index >= 15 is 0 Å². The van der Waals surface area contributed by atoms with Crippen LogP contribution in [0.5, 0.6) is 0 Å². The normalized spacial score (nSPS) is 11.5. The summed E-state index contributed by atoms with van der Waals surface area (Å²) in [5.74, 6) is 0.807. The fraction of sp³-hybridized carbons (Fsp3) is 0.0909. The summed E-state index contributed by atoms with van der Waals surface area (Å²) in [6.45, 7) is 0. The fourth-order valence-corrected chi connectivity index (χ4v) is 1.93. The van der Waals surface area contributed by atoms with Crippen molar-refractivity contribution in [2.45, 2.75) is 0 Å². The Balaban J connectivity index is 2.60. The average Bonchev–Trinajstić information content (AvgIpc) is 2.67. The van der Waals surface area contributed by atoms with E-state index in [0.717, 1.165) is 5.82 Å². The molecule has 3 nitrogen and oxygen atoms in total. The van der Waals surface area contributed by atoms with Gasteiger partial charge in [-0.1, -0.05) is 6.07 Å². The van der Waals surface area contributed by atoms with Crippen molar-refractivity contribution in [2.75, 3.05) is 5.73 Å². The van der Waals surface area contributed by atoms with Gasteiger partial charge in [0, 0.05) is 24.8 Å². The van der Waals surface area contributed by atoms with E-state index in [0.29, 0.717) is 0 Å². The van der Waals surface area contributed by atoms with Crippen molar-refractivity contribution in [1.82, 2.24) is 8.97 Å². The molecule has 0 bridgehead atoms. The van der Waals surface area contributed by atoms with Crippen LogP contribution in [0, 0.1) is 0 Å². The predicted molar refractivity (Wildman–Crippen MR) is 58.3 cm³/mol. The molecule has 3 aromatic heterocycles. The van der Waals surface area contributed by atoms with E-state index in [2.05, 4.69) is 16.7 Å². The Kier molecular flexibility index (Phi) is 1.24. The Morgan fingerprint density at radius 2 is 2.07 bits per heavy atom. The molecule has 3 heteroatoms. The van der Waals surface area contributed by atoms with E-state index < -0.39 is 0 Å². The maximum absolute atomic E-state index is 5.84. The summed E-state index contributed by atoms with van der Waals surface area (Å²) >= 11 is 0. The number of hydrogen-bond acceptors (Lipinski definition) is 1. The van der Waals surface area contributed by atoms with Gasteiger partial charge in [0.2, 0.25) is 0 Å². The number of anilines is 1. The third-order valence-corrected chi connectivity index (χ3v) is 2.74. The lowest BCUT2D eigenvalue weighted by Crippen LogP contribution is -1.94. The minimum atomic E-state index is 0.807. The minimum Gasteiger partial charge on any atom is -0.385 e. The molecule has 0 fully saturated rings. The number of hydrogen-bond donors (Lipinski definition) is 1. The van der Waals surface area contributed by atoms with E-state index in [1.54, 1.807) is 0 Å². The molecule has 0 aliphatic carbocycles. The van der Waals surface area contributed by atoms with Gasteiger partial charge in [-0.3, -0.25) is 0 Å². The monoisotopic (exact) mass is 185 g/mol. The number of nitrogens with zero attached hydrogens (tertiary/aromatic N) is 2. The van der Waals surface area contributed by atoms with Gasteiger partial charge in [-0.05, 0) is 18.2 Å². The first-order valence-corrected chi connectivity index (χ1v) is 4.58. The number of rotatable bonds is 0. The molecule has 14 heavy (non-hydrogen) atoms. The third kappa shape index (κ3) is 0.763. The van der Waals surface area contributed by atoms with Crippen LogP contribution in [0.25, 0.3) is 16.4 Å². The van der Waals surface area contributed by atoms with Gasteiger partial charge in [-0.25, -0.2) is 0 Å². The molecule has 0 radical (unpaired) electrons. The SMILES string of the molecule is Cn1c(N)cc2c1cn1ccccc21. The summed E-state index contributed by atoms with van der Waals surface area (Å²) in [7, 11) is 1.98. The second-order valence-electron chi connectivity index (χ2n) is 3.55. The van der Waals surface area contributed by atoms with Crippen molar-refractivity contribution in [3.05, 3.63) is 36.7 Å². The standard InChI is InChI=1S/C11H11N3/c1-13-10-7-14-5-3-2-4-9(14)8(10)6-11(13)12/h2-7H,12H2,1H3. The van der Waals surface area contributed by atoms with E-state index in [9.17, 15) is 0 Å². The van der Waals surface area contributed by atoms with Gasteiger partial charge >= 0.3 is 0 Å². The van der Waals surface area contributed by atoms with Crippen LogP contribution in [0.1, 0.15) is 0 Å². The van der Waals surface area contributed by atoms with Crippen molar-refractivity contribution >= 4 is 22.2 Å². The summed E-state index contributed by atoms with van der Waals surface area (Å²) in [4.78, 5) is 0. The Bertz CT molecular complexity index is 616. The van der Waals surface area contributed by atoms with Crippen LogP contribution in [-0.2, 0) is 7.05 Å². The number of nitrogens with two attached hydrogens (primary N) is 1. The minimum absolute atomic E-state index is 0.807. The Hall–Kier alpha value is -1.90. The first-order chi connectivity index (χ1) is 6.77. The van der Waals surface area contributed by atoms with Crippen LogP contribution >= 0.6 is 0 Å². The molecule has 0 saturated heterocycles. The summed E-state index contributed by atoms with van der Waals surface area (Å²) in [6, 6.07) is 8.18. The highest BCUT2D eigenvalue weighted by Gasteiger charge is 2.07. The van der Waals surface area contributed by atoms with Gasteiger partial charge < -0.3 is 14.7 Å². The highest BCUT2D eigenvalue weighted by atomic mass is 15.0. The highest BCUT2D eigenvalue weighted by Crippen LogP contribution is 2.25. The topological polar surface area (TPSA) is 35.4 Å². The largest absolute Gasteiger partial charge is 0.385 e. The fourth-order valence-electron chi connectivity index (χ4n) is 1.93. The number of pyridine rings is 1. The summed E-state index contributed by atoms with van der Waals surface area (Å²) in [6.07, 6.45) is 4.15. The quantitative estimate of drug-likeness (QED) is 0.571. The lowest BCUT2D eigenvalue weighted by Gasteiger charge is -1.95. The maximum atomic E-state index is 5.84. The molecule has 3 heterocycles. The number of nitrogen functional groups attached to an aromatic ring is 1. The lowest BCUT2D eigenvalue weighted by atomic mass is 10.3. The number of aromatic nitrogens is 2. The lowest BCUT2D eigenvalue weighted by molar-refractivity contribution is 0.978. The van der Waals surface area contributed by atoms with Crippen molar-refractivity contribution in [1.29, 1.82) is 0 Å². The van der Waals surface area contributed by atoms with E-state index in [4.69, 9.17) is 5.73 Å². The molecule has 0 aliphatic heterocycles. The third-order valence-electron chi connectivity index (χ3n) is 2.74. The molecule has 0 spiro atoms. The van der Waals surface area contributed by atoms with E-state index in [1.807, 2.05) is 36.0 Å². The van der Waals surface area contributed by atoms with E-state index in [-0.39, 0.29) is 0 Å². The summed E-state index contributed by atoms with van der Waals surface area (Å²) in [5.41, 5.74) is 8.22. The molecule has 0 atom stereocenters. The van der Waals surface area contributed by atoms with Gasteiger partial charge in [0.25, 0.3) is 0 Å². The zero-order valence-electron chi connectivity index (χ0n) is 7.94. The molecule has 0 aliphatic rings. The molecular weight excluding hydrogens is 174 g/mol. The number of fused-ring (bicyclic) bond motifs is 3. The van der Waals surface area contributed by atoms with Crippen molar-refractivity contribution in [3.8, 4) is 0 Å². The Morgan fingerprint density at radius 3 is 2.93 bits per heavy atom. The molecular formula is C11H11N3. The van der Waals surface area contributed by atoms with Gasteiger partial charge in [0.05, 0.1) is 11.0 Å². The first kappa shape index (κ1) is 7.50. The van der Waals surface area contributed by atoms with Crippen molar-refractivity contribution in [3.63, 3.8) is 0 Å². The van der Waals surface area contributed by atoms with Gasteiger partial charge in [-0.15, -0.1) is 0 Å². The predicted octanol–water partition coefficient (Wildman–Crippen LogP) is 2.01. The van der Waals surface area contributed by atoms with Crippen LogP contribution in [0.3, 0.4) is 0 Å². The van der Waals surface area contributed by atoms with Gasteiger partial charge in [0.15, 0.2) is 0 Å².